The Bertz CT molecular complexity index is 66.1. The number of hydrogen-bond donors (Lipinski definition) is 2. The fourth-order valence-corrected chi connectivity index (χ4v) is 0.662. The molecule has 0 heterocycles. The second-order valence-electron chi connectivity index (χ2n) is 2.43. The zero-order valence-electron chi connectivity index (χ0n) is 6.04. The molecule has 0 aliphatic rings. The summed E-state index contributed by atoms with van der Waals surface area (Å²) in [6, 6.07) is 0. The van der Waals surface area contributed by atoms with Crippen LogP contribution in [0, 0.1) is 0 Å². The second kappa shape index (κ2) is 4.73. The van der Waals surface area contributed by atoms with E-state index in [2.05, 4.69) is 0 Å². The molecule has 0 bridgehead atoms. The van der Waals surface area contributed by atoms with Gasteiger partial charge in [0.25, 0.3) is 0 Å². The highest BCUT2D eigenvalue weighted by Gasteiger charge is 2.02. The minimum atomic E-state index is -0.384. The van der Waals surface area contributed by atoms with Crippen molar-refractivity contribution in [2.45, 2.75) is 12.5 Å². The maximum absolute atomic E-state index is 9.02. The van der Waals surface area contributed by atoms with Crippen molar-refractivity contribution in [1.82, 2.24) is 4.90 Å². The van der Waals surface area contributed by atoms with Crippen LogP contribution in [-0.4, -0.2) is 48.5 Å². The normalized spacial score (nSPS) is 14.3. The highest BCUT2D eigenvalue weighted by Crippen LogP contribution is 1.90. The molecule has 0 spiro atoms. The third kappa shape index (κ3) is 5.76. The highest BCUT2D eigenvalue weighted by molar-refractivity contribution is 4.56. The van der Waals surface area contributed by atoms with Crippen LogP contribution >= 0.6 is 0 Å². The van der Waals surface area contributed by atoms with Crippen LogP contribution in [0.2, 0.25) is 0 Å². The summed E-state index contributed by atoms with van der Waals surface area (Å²) in [6.07, 6.45) is 0.0862. The van der Waals surface area contributed by atoms with Crippen LogP contribution in [0.5, 0.6) is 0 Å². The molecular formula is C6H15NO2. The Hall–Kier alpha value is -0.120. The highest BCUT2D eigenvalue weighted by atomic mass is 16.3. The van der Waals surface area contributed by atoms with Crippen molar-refractivity contribution in [1.29, 1.82) is 0 Å². The first kappa shape index (κ1) is 8.88. The molecule has 0 saturated carbocycles. The van der Waals surface area contributed by atoms with E-state index < -0.39 is 0 Å². The zero-order chi connectivity index (χ0) is 7.28. The molecule has 3 heteroatoms. The van der Waals surface area contributed by atoms with Gasteiger partial charge in [-0.05, 0) is 20.5 Å². The van der Waals surface area contributed by atoms with Crippen molar-refractivity contribution < 1.29 is 10.2 Å². The zero-order valence-corrected chi connectivity index (χ0v) is 6.04. The van der Waals surface area contributed by atoms with Crippen LogP contribution in [-0.2, 0) is 0 Å². The quantitative estimate of drug-likeness (QED) is 0.532. The summed E-state index contributed by atoms with van der Waals surface area (Å²) in [7, 11) is 3.78. The van der Waals surface area contributed by atoms with Crippen molar-refractivity contribution in [2.75, 3.05) is 27.2 Å². The smallest absolute Gasteiger partial charge is 0.0688 e. The molecular weight excluding hydrogens is 118 g/mol. The van der Waals surface area contributed by atoms with E-state index in [-0.39, 0.29) is 12.7 Å². The Labute approximate surface area is 55.9 Å². The molecule has 0 aliphatic heterocycles. The number of aliphatic hydroxyl groups excluding tert-OH is 2. The maximum atomic E-state index is 9.02. The summed E-state index contributed by atoms with van der Waals surface area (Å²) >= 11 is 0. The molecule has 0 radical (unpaired) electrons. The topological polar surface area (TPSA) is 43.7 Å². The average molecular weight is 133 g/mol. The van der Waals surface area contributed by atoms with Crippen LogP contribution < -0.4 is 0 Å². The molecule has 0 amide bonds. The van der Waals surface area contributed by atoms with E-state index in [4.69, 9.17) is 10.2 Å². The Balaban J connectivity index is 3.15. The number of likely N-dealkylation sites (N-methyl/N-ethyl adjacent to an activating group) is 1. The van der Waals surface area contributed by atoms with E-state index >= 15 is 0 Å². The van der Waals surface area contributed by atoms with Gasteiger partial charge >= 0.3 is 0 Å². The lowest BCUT2D eigenvalue weighted by Gasteiger charge is -2.13. The average Bonchev–Trinajstić information content (AvgIpc) is 1.63. The van der Waals surface area contributed by atoms with Gasteiger partial charge in [0.1, 0.15) is 0 Å². The van der Waals surface area contributed by atoms with Gasteiger partial charge in [-0.2, -0.15) is 0 Å². The summed E-state index contributed by atoms with van der Waals surface area (Å²) < 4.78 is 0. The van der Waals surface area contributed by atoms with Crippen LogP contribution in [0.4, 0.5) is 0 Å². The number of hydrogen-bond acceptors (Lipinski definition) is 3. The number of aliphatic hydroxyl groups is 2. The van der Waals surface area contributed by atoms with Gasteiger partial charge in [0.2, 0.25) is 0 Å². The van der Waals surface area contributed by atoms with Gasteiger partial charge in [-0.15, -0.1) is 0 Å². The van der Waals surface area contributed by atoms with Crippen LogP contribution in [0.15, 0.2) is 0 Å². The molecule has 0 aliphatic carbocycles. The van der Waals surface area contributed by atoms with E-state index in [1.165, 1.54) is 0 Å². The summed E-state index contributed by atoms with van der Waals surface area (Å²) in [5.74, 6) is 0. The molecule has 3 nitrogen and oxygen atoms in total. The molecule has 0 rings (SSSR count). The monoisotopic (exact) mass is 133 g/mol. The van der Waals surface area contributed by atoms with Crippen LogP contribution in [0.25, 0.3) is 0 Å². The molecule has 0 aromatic heterocycles. The summed E-state index contributed by atoms with van der Waals surface area (Å²) in [5.41, 5.74) is 0. The van der Waals surface area contributed by atoms with Gasteiger partial charge in [-0.25, -0.2) is 0 Å². The van der Waals surface area contributed by atoms with E-state index in [0.717, 1.165) is 0 Å². The van der Waals surface area contributed by atoms with Crippen molar-refractivity contribution in [3.05, 3.63) is 0 Å². The number of nitrogens with zero attached hydrogens (tertiary/aromatic N) is 1. The molecule has 56 valence electrons. The van der Waals surface area contributed by atoms with Gasteiger partial charge in [-0.3, -0.25) is 0 Å². The first-order chi connectivity index (χ1) is 4.16. The van der Waals surface area contributed by atoms with Gasteiger partial charge < -0.3 is 15.1 Å². The van der Waals surface area contributed by atoms with Gasteiger partial charge in [0, 0.05) is 13.2 Å². The van der Waals surface area contributed by atoms with Crippen LogP contribution in [0.1, 0.15) is 6.42 Å². The molecule has 2 N–H and O–H groups in total. The van der Waals surface area contributed by atoms with Crippen molar-refractivity contribution in [3.8, 4) is 0 Å². The minimum Gasteiger partial charge on any atom is -0.396 e. The first-order valence-electron chi connectivity index (χ1n) is 3.10. The number of rotatable bonds is 4. The Morgan fingerprint density at radius 3 is 2.33 bits per heavy atom. The van der Waals surface area contributed by atoms with Crippen molar-refractivity contribution in [2.24, 2.45) is 0 Å². The second-order valence-corrected chi connectivity index (χ2v) is 2.43. The summed E-state index contributed by atoms with van der Waals surface area (Å²) in [5, 5.41) is 17.4. The SMILES string of the molecule is CN(C)C[C@@H](O)CCO. The third-order valence-electron chi connectivity index (χ3n) is 1.04. The fourth-order valence-electron chi connectivity index (χ4n) is 0.662. The predicted octanol–water partition coefficient (Wildman–Crippen LogP) is -0.709. The minimum absolute atomic E-state index is 0.0645. The van der Waals surface area contributed by atoms with E-state index in [1.54, 1.807) is 0 Å². The lowest BCUT2D eigenvalue weighted by atomic mass is 10.2. The van der Waals surface area contributed by atoms with E-state index in [9.17, 15) is 0 Å². The Morgan fingerprint density at radius 1 is 1.44 bits per heavy atom. The molecule has 9 heavy (non-hydrogen) atoms. The van der Waals surface area contributed by atoms with Crippen molar-refractivity contribution >= 4 is 0 Å². The molecule has 0 aromatic carbocycles. The van der Waals surface area contributed by atoms with E-state index in [0.29, 0.717) is 13.0 Å². The Kier molecular flexibility index (Phi) is 4.67. The third-order valence-corrected chi connectivity index (χ3v) is 1.04. The van der Waals surface area contributed by atoms with E-state index in [1.807, 2.05) is 19.0 Å². The molecule has 0 aromatic rings. The fraction of sp³-hybridized carbons (Fsp3) is 1.00. The molecule has 0 unspecified atom stereocenters. The van der Waals surface area contributed by atoms with Crippen LogP contribution in [0.3, 0.4) is 0 Å². The molecule has 0 fully saturated rings. The largest absolute Gasteiger partial charge is 0.396 e. The molecule has 0 saturated heterocycles. The Morgan fingerprint density at radius 2 is 2.00 bits per heavy atom. The van der Waals surface area contributed by atoms with Gasteiger partial charge in [-0.1, -0.05) is 0 Å². The lowest BCUT2D eigenvalue weighted by Crippen LogP contribution is -2.26. The standard InChI is InChI=1S/C6H15NO2/c1-7(2)5-6(9)3-4-8/h6,8-9H,3-5H2,1-2H3/t6-/m0/s1. The lowest BCUT2D eigenvalue weighted by molar-refractivity contribution is 0.105. The maximum Gasteiger partial charge on any atom is 0.0688 e. The first-order valence-corrected chi connectivity index (χ1v) is 3.10. The van der Waals surface area contributed by atoms with Gasteiger partial charge in [0.05, 0.1) is 6.10 Å². The molecule has 1 atom stereocenters. The summed E-state index contributed by atoms with van der Waals surface area (Å²) in [6.45, 7) is 0.690. The summed E-state index contributed by atoms with van der Waals surface area (Å²) in [4.78, 5) is 1.89. The van der Waals surface area contributed by atoms with Crippen molar-refractivity contribution in [3.63, 3.8) is 0 Å². The van der Waals surface area contributed by atoms with Gasteiger partial charge in [0.15, 0.2) is 0 Å². The predicted molar refractivity (Wildman–Crippen MR) is 36.3 cm³/mol.